The molecule has 0 amide bonds. The van der Waals surface area contributed by atoms with E-state index in [-0.39, 0.29) is 53.5 Å². The second-order valence-corrected chi connectivity index (χ2v) is 7.01. The zero-order valence-electron chi connectivity index (χ0n) is 16.1. The highest BCUT2D eigenvalue weighted by Gasteiger charge is 2.32. The first-order valence-corrected chi connectivity index (χ1v) is 9.06. The summed E-state index contributed by atoms with van der Waals surface area (Å²) >= 11 is 0. The number of fused-ring (bicyclic) bond motifs is 1. The van der Waals surface area contributed by atoms with E-state index in [4.69, 9.17) is 10.2 Å². The quantitative estimate of drug-likeness (QED) is 0.646. The number of rotatable bonds is 3. The van der Waals surface area contributed by atoms with Crippen molar-refractivity contribution in [3.05, 3.63) is 24.0 Å². The number of halogens is 3. The minimum absolute atomic E-state index is 0. The molecule has 1 saturated carbocycles. The number of nitrogens with two attached hydrogens (primary N) is 1. The van der Waals surface area contributed by atoms with E-state index >= 15 is 0 Å². The molecule has 11 heteroatoms. The van der Waals surface area contributed by atoms with Crippen LogP contribution < -0.4 is 16.4 Å². The highest BCUT2D eigenvalue weighted by Crippen LogP contribution is 2.27. The fourth-order valence-electron chi connectivity index (χ4n) is 3.31. The van der Waals surface area contributed by atoms with Crippen molar-refractivity contribution in [3.8, 4) is 0 Å². The molecule has 0 bridgehead atoms. The molecule has 2 heterocycles. The van der Waals surface area contributed by atoms with Gasteiger partial charge in [0.15, 0.2) is 5.58 Å². The highest BCUT2D eigenvalue weighted by atomic mass is 32.1. The van der Waals surface area contributed by atoms with Gasteiger partial charge in [0.25, 0.3) is 11.9 Å². The van der Waals surface area contributed by atoms with Crippen molar-refractivity contribution in [2.45, 2.75) is 51.5 Å². The van der Waals surface area contributed by atoms with Crippen LogP contribution in [0.1, 0.15) is 42.4 Å². The largest absolute Gasteiger partial charge is 0.423 e. The summed E-state index contributed by atoms with van der Waals surface area (Å²) in [5.74, 6) is -2.07. The van der Waals surface area contributed by atoms with Gasteiger partial charge in [0.2, 0.25) is 0 Å². The summed E-state index contributed by atoms with van der Waals surface area (Å²) in [4.78, 5) is 4.32. The van der Waals surface area contributed by atoms with Crippen LogP contribution in [0.3, 0.4) is 0 Å². The molecular formula is C19H39F3N4O3S. The zero-order valence-corrected chi connectivity index (χ0v) is 17.1. The van der Waals surface area contributed by atoms with Crippen molar-refractivity contribution >= 4 is 30.6 Å². The summed E-state index contributed by atoms with van der Waals surface area (Å²) in [6, 6.07) is 5.24. The molecule has 1 aliphatic carbocycles. The molecule has 30 heavy (non-hydrogen) atoms. The van der Waals surface area contributed by atoms with E-state index in [1.165, 1.54) is 12.1 Å². The van der Waals surface area contributed by atoms with Crippen LogP contribution in [0.4, 0.5) is 19.2 Å². The molecule has 8 N–H and O–H groups in total. The minimum Gasteiger partial charge on any atom is -0.423 e. The van der Waals surface area contributed by atoms with Gasteiger partial charge in [-0.15, -0.1) is 0 Å². The van der Waals surface area contributed by atoms with Crippen molar-refractivity contribution in [2.75, 3.05) is 25.0 Å². The topological polar surface area (TPSA) is 139 Å². The summed E-state index contributed by atoms with van der Waals surface area (Å²) in [7, 11) is 0. The molecule has 1 aliphatic heterocycles. The average molecular weight is 461 g/mol. The fraction of sp³-hybridized carbons (Fsp3) is 0.632. The van der Waals surface area contributed by atoms with Crippen molar-refractivity contribution < 1.29 is 31.4 Å². The number of oxazole rings is 1. The zero-order chi connectivity index (χ0) is 18.6. The summed E-state index contributed by atoms with van der Waals surface area (Å²) in [6.07, 6.45) is 4.45. The molecule has 180 valence electrons. The second kappa shape index (κ2) is 13.7. The van der Waals surface area contributed by atoms with Crippen LogP contribution in [0.15, 0.2) is 22.6 Å². The van der Waals surface area contributed by atoms with Gasteiger partial charge >= 0.3 is 0 Å². The normalized spacial score (nSPS) is 21.6. The van der Waals surface area contributed by atoms with Crippen LogP contribution >= 0.6 is 13.5 Å². The molecule has 0 spiro atoms. The SMILES string of the molecule is C.FC1(F)CCNC1.NCC1CCC(Nc2nc3ccc(F)cc3o2)CC1.O.O.S.[HH].[HH]. The number of nitrogens with zero attached hydrogens (tertiary/aromatic N) is 1. The third-order valence-electron chi connectivity index (χ3n) is 4.91. The van der Waals surface area contributed by atoms with Crippen LogP contribution in [-0.2, 0) is 0 Å². The lowest BCUT2D eigenvalue weighted by Crippen LogP contribution is -2.29. The second-order valence-electron chi connectivity index (χ2n) is 7.01. The summed E-state index contributed by atoms with van der Waals surface area (Å²) in [6.45, 7) is 1.11. The molecule has 7 nitrogen and oxygen atoms in total. The number of aromatic nitrogens is 1. The van der Waals surface area contributed by atoms with Crippen molar-refractivity contribution in [1.29, 1.82) is 0 Å². The van der Waals surface area contributed by atoms with E-state index in [1.807, 2.05) is 0 Å². The first-order chi connectivity index (χ1) is 12.4. The molecule has 1 aromatic carbocycles. The summed E-state index contributed by atoms with van der Waals surface area (Å²) in [5.41, 5.74) is 6.84. The smallest absolute Gasteiger partial charge is 0.295 e. The van der Waals surface area contributed by atoms with E-state index in [9.17, 15) is 13.2 Å². The number of hydrogen-bond donors (Lipinski definition) is 3. The van der Waals surface area contributed by atoms with E-state index in [2.05, 4.69) is 15.6 Å². The van der Waals surface area contributed by atoms with Gasteiger partial charge in [-0.3, -0.25) is 0 Å². The van der Waals surface area contributed by atoms with Crippen LogP contribution in [-0.4, -0.2) is 47.5 Å². The van der Waals surface area contributed by atoms with Gasteiger partial charge in [0.05, 0.1) is 6.54 Å². The maximum atomic E-state index is 13.1. The monoisotopic (exact) mass is 460 g/mol. The van der Waals surface area contributed by atoms with Crippen LogP contribution in [0.2, 0.25) is 0 Å². The van der Waals surface area contributed by atoms with Gasteiger partial charge in [-0.25, -0.2) is 13.2 Å². The summed E-state index contributed by atoms with van der Waals surface area (Å²) < 4.78 is 42.3. The van der Waals surface area contributed by atoms with Gasteiger partial charge in [0, 0.05) is 27.9 Å². The Morgan fingerprint density at radius 3 is 2.40 bits per heavy atom. The van der Waals surface area contributed by atoms with E-state index < -0.39 is 5.92 Å². The molecule has 4 rings (SSSR count). The maximum absolute atomic E-state index is 13.1. The van der Waals surface area contributed by atoms with Gasteiger partial charge in [-0.05, 0) is 50.3 Å². The highest BCUT2D eigenvalue weighted by molar-refractivity contribution is 7.59. The predicted octanol–water partition coefficient (Wildman–Crippen LogP) is 3.10. The minimum atomic E-state index is -2.42. The van der Waals surface area contributed by atoms with E-state index in [1.54, 1.807) is 6.07 Å². The third-order valence-corrected chi connectivity index (χ3v) is 4.91. The lowest BCUT2D eigenvalue weighted by atomic mass is 9.86. The Labute approximate surface area is 185 Å². The van der Waals surface area contributed by atoms with Gasteiger partial charge in [-0.1, -0.05) is 7.43 Å². The molecule has 0 unspecified atom stereocenters. The first-order valence-electron chi connectivity index (χ1n) is 9.06. The Morgan fingerprint density at radius 2 is 1.90 bits per heavy atom. The number of benzene rings is 1. The predicted molar refractivity (Wildman–Crippen MR) is 123 cm³/mol. The summed E-state index contributed by atoms with van der Waals surface area (Å²) in [5, 5.41) is 5.86. The molecule has 0 radical (unpaired) electrons. The first kappa shape index (κ1) is 30.7. The van der Waals surface area contributed by atoms with Crippen molar-refractivity contribution in [1.82, 2.24) is 10.3 Å². The Hall–Kier alpha value is -1.53. The molecule has 2 fully saturated rings. The molecule has 2 aliphatic rings. The number of hydrogen-bond acceptors (Lipinski definition) is 5. The lowest BCUT2D eigenvalue weighted by Gasteiger charge is -2.27. The van der Waals surface area contributed by atoms with Crippen LogP contribution in [0, 0.1) is 11.7 Å². The third kappa shape index (κ3) is 8.68. The number of anilines is 1. The van der Waals surface area contributed by atoms with Gasteiger partial charge in [0.1, 0.15) is 11.3 Å². The number of nitrogens with one attached hydrogen (secondary N) is 2. The molecule has 1 aromatic heterocycles. The van der Waals surface area contributed by atoms with Crippen molar-refractivity contribution in [2.24, 2.45) is 11.7 Å². The standard InChI is InChI=1S/C14H18FN3O.C4H7F2N.CH4.2H2O.H2S.2H2/c15-10-3-6-12-13(7-10)19-14(18-12)17-11-4-1-9(8-16)2-5-11;5-4(6)1-2-7-3-4;;;;;;/h3,6-7,9,11H,1-2,4-5,8,16H2,(H,17,18);7H,1-3H2;1H4;3*1H2;2*1H. The maximum Gasteiger partial charge on any atom is 0.295 e. The Kier molecular flexibility index (Phi) is 14.0. The van der Waals surface area contributed by atoms with Crippen molar-refractivity contribution in [3.63, 3.8) is 0 Å². The Morgan fingerprint density at radius 1 is 1.23 bits per heavy atom. The van der Waals surface area contributed by atoms with Gasteiger partial charge < -0.3 is 31.7 Å². The Bertz CT molecular complexity index is 731. The molecular weight excluding hydrogens is 421 g/mol. The van der Waals surface area contributed by atoms with Crippen LogP contribution in [0.5, 0.6) is 0 Å². The Balaban J connectivity index is -0.000000265. The number of alkyl halides is 2. The van der Waals surface area contributed by atoms with Crippen LogP contribution in [0.25, 0.3) is 11.1 Å². The molecule has 1 saturated heterocycles. The molecule has 2 aromatic rings. The van der Waals surface area contributed by atoms with Gasteiger partial charge in [-0.2, -0.15) is 18.5 Å². The fourth-order valence-corrected chi connectivity index (χ4v) is 3.31. The van der Waals surface area contributed by atoms with E-state index in [0.717, 1.165) is 32.2 Å². The molecule has 0 atom stereocenters. The van der Waals surface area contributed by atoms with E-state index in [0.29, 0.717) is 35.6 Å². The average Bonchev–Trinajstić information content (AvgIpc) is 3.20. The lowest BCUT2D eigenvalue weighted by molar-refractivity contribution is 0.0238.